The molecule has 0 unspecified atom stereocenters. The minimum Gasteiger partial charge on any atom is -0.387 e. The first-order valence-electron chi connectivity index (χ1n) is 8.47. The summed E-state index contributed by atoms with van der Waals surface area (Å²) < 4.78 is 0. The molecule has 5 nitrogen and oxygen atoms in total. The van der Waals surface area contributed by atoms with Gasteiger partial charge in [0.2, 0.25) is 5.95 Å². The van der Waals surface area contributed by atoms with E-state index in [0.717, 1.165) is 49.1 Å². The van der Waals surface area contributed by atoms with Crippen LogP contribution in [0.15, 0.2) is 12.1 Å². The Kier molecular flexibility index (Phi) is 5.18. The third kappa shape index (κ3) is 3.94. The van der Waals surface area contributed by atoms with E-state index in [2.05, 4.69) is 39.7 Å². The van der Waals surface area contributed by atoms with Gasteiger partial charge in [0, 0.05) is 53.9 Å². The van der Waals surface area contributed by atoms with Crippen molar-refractivity contribution in [3.63, 3.8) is 0 Å². The van der Waals surface area contributed by atoms with Crippen molar-refractivity contribution in [3.05, 3.63) is 38.8 Å². The molecule has 24 heavy (non-hydrogen) atoms. The van der Waals surface area contributed by atoms with Crippen LogP contribution in [0.1, 0.15) is 32.8 Å². The van der Waals surface area contributed by atoms with Crippen LogP contribution in [0.3, 0.4) is 0 Å². The van der Waals surface area contributed by atoms with Crippen molar-refractivity contribution in [2.75, 3.05) is 37.6 Å². The minimum absolute atomic E-state index is 0.404. The second kappa shape index (κ2) is 7.17. The molecule has 0 amide bonds. The topological polar surface area (TPSA) is 52.5 Å². The van der Waals surface area contributed by atoms with E-state index in [4.69, 9.17) is 0 Å². The molecular formula is C18H26N4OS. The van der Waals surface area contributed by atoms with E-state index in [9.17, 15) is 5.11 Å². The van der Waals surface area contributed by atoms with Crippen LogP contribution in [-0.2, 0) is 0 Å². The highest BCUT2D eigenvalue weighted by Gasteiger charge is 2.22. The zero-order chi connectivity index (χ0) is 17.3. The van der Waals surface area contributed by atoms with Gasteiger partial charge in [-0.25, -0.2) is 9.97 Å². The maximum atomic E-state index is 10.5. The summed E-state index contributed by atoms with van der Waals surface area (Å²) in [5.74, 6) is 0.831. The van der Waals surface area contributed by atoms with E-state index >= 15 is 0 Å². The lowest BCUT2D eigenvalue weighted by molar-refractivity contribution is 0.109. The number of piperazine rings is 1. The van der Waals surface area contributed by atoms with Gasteiger partial charge < -0.3 is 10.0 Å². The predicted molar refractivity (Wildman–Crippen MR) is 98.9 cm³/mol. The molecule has 0 spiro atoms. The number of hydrogen-bond donors (Lipinski definition) is 1. The highest BCUT2D eigenvalue weighted by Crippen LogP contribution is 2.27. The molecule has 1 saturated heterocycles. The van der Waals surface area contributed by atoms with E-state index in [-0.39, 0.29) is 0 Å². The Labute approximate surface area is 148 Å². The van der Waals surface area contributed by atoms with Crippen LogP contribution >= 0.6 is 11.3 Å². The van der Waals surface area contributed by atoms with Crippen LogP contribution in [-0.4, -0.2) is 52.7 Å². The maximum absolute atomic E-state index is 10.5. The molecule has 1 aliphatic rings. The number of aryl methyl sites for hydroxylation is 4. The maximum Gasteiger partial charge on any atom is 0.225 e. The Hall–Kier alpha value is -1.50. The molecule has 0 saturated carbocycles. The molecule has 1 N–H and O–H groups in total. The van der Waals surface area contributed by atoms with Gasteiger partial charge in [0.15, 0.2) is 0 Å². The van der Waals surface area contributed by atoms with Gasteiger partial charge in [-0.05, 0) is 45.4 Å². The molecule has 2 aromatic heterocycles. The van der Waals surface area contributed by atoms with Crippen LogP contribution < -0.4 is 4.90 Å². The first-order chi connectivity index (χ1) is 11.4. The quantitative estimate of drug-likeness (QED) is 0.922. The van der Waals surface area contributed by atoms with Crippen molar-refractivity contribution in [2.24, 2.45) is 0 Å². The van der Waals surface area contributed by atoms with Crippen LogP contribution in [0.2, 0.25) is 0 Å². The number of thiophene rings is 1. The van der Waals surface area contributed by atoms with Gasteiger partial charge in [0.25, 0.3) is 0 Å². The molecule has 0 bridgehead atoms. The number of hydrogen-bond acceptors (Lipinski definition) is 6. The number of nitrogens with zero attached hydrogens (tertiary/aromatic N) is 4. The summed E-state index contributed by atoms with van der Waals surface area (Å²) in [6, 6.07) is 4.12. The second-order valence-electron chi connectivity index (χ2n) is 6.62. The van der Waals surface area contributed by atoms with E-state index in [1.165, 1.54) is 9.75 Å². The second-order valence-corrected chi connectivity index (χ2v) is 8.08. The van der Waals surface area contributed by atoms with Crippen molar-refractivity contribution in [1.82, 2.24) is 14.9 Å². The lowest BCUT2D eigenvalue weighted by atomic mass is 10.1. The van der Waals surface area contributed by atoms with Crippen LogP contribution in [0, 0.1) is 27.7 Å². The molecular weight excluding hydrogens is 320 g/mol. The molecule has 130 valence electrons. The molecule has 6 heteroatoms. The summed E-state index contributed by atoms with van der Waals surface area (Å²) in [6.07, 6.45) is -0.404. The zero-order valence-corrected chi connectivity index (χ0v) is 15.7. The van der Waals surface area contributed by atoms with Crippen molar-refractivity contribution >= 4 is 17.3 Å². The summed E-state index contributed by atoms with van der Waals surface area (Å²) in [5, 5.41) is 10.5. The van der Waals surface area contributed by atoms with Gasteiger partial charge in [-0.3, -0.25) is 4.90 Å². The SMILES string of the molecule is Cc1cc(C)nc(N2CCN(C[C@@H](O)c3cc(C)sc3C)CC2)n1. The van der Waals surface area contributed by atoms with Crippen molar-refractivity contribution in [2.45, 2.75) is 33.8 Å². The predicted octanol–water partition coefficient (Wildman–Crippen LogP) is 2.63. The highest BCUT2D eigenvalue weighted by molar-refractivity contribution is 7.12. The highest BCUT2D eigenvalue weighted by atomic mass is 32.1. The number of anilines is 1. The van der Waals surface area contributed by atoms with E-state index in [1.54, 1.807) is 11.3 Å². The van der Waals surface area contributed by atoms with Gasteiger partial charge in [-0.15, -0.1) is 11.3 Å². The van der Waals surface area contributed by atoms with Crippen LogP contribution in [0.25, 0.3) is 0 Å². The number of β-amino-alcohol motifs (C(OH)–C–C–N with tert-alkyl or cyclic N) is 1. The van der Waals surface area contributed by atoms with Gasteiger partial charge in [-0.1, -0.05) is 0 Å². The van der Waals surface area contributed by atoms with Gasteiger partial charge in [0.05, 0.1) is 6.10 Å². The lowest BCUT2D eigenvalue weighted by Crippen LogP contribution is -2.48. The Morgan fingerprint density at radius 1 is 1.04 bits per heavy atom. The van der Waals surface area contributed by atoms with E-state index < -0.39 is 6.10 Å². The van der Waals surface area contributed by atoms with Crippen LogP contribution in [0.4, 0.5) is 5.95 Å². The monoisotopic (exact) mass is 346 g/mol. The summed E-state index contributed by atoms with van der Waals surface area (Å²) in [7, 11) is 0. The van der Waals surface area contributed by atoms with Gasteiger partial charge in [0.1, 0.15) is 0 Å². The molecule has 1 atom stereocenters. The van der Waals surface area contributed by atoms with Crippen molar-refractivity contribution in [3.8, 4) is 0 Å². The standard InChI is InChI=1S/C18H26N4OS/c1-12-9-13(2)20-18(19-12)22-7-5-21(6-8-22)11-17(23)16-10-14(3)24-15(16)4/h9-10,17,23H,5-8,11H2,1-4H3/t17-/m1/s1. The average Bonchev–Trinajstić information content (AvgIpc) is 2.86. The molecule has 0 radical (unpaired) electrons. The molecule has 1 fully saturated rings. The fraction of sp³-hybridized carbons (Fsp3) is 0.556. The lowest BCUT2D eigenvalue weighted by Gasteiger charge is -2.35. The fourth-order valence-electron chi connectivity index (χ4n) is 3.30. The summed E-state index contributed by atoms with van der Waals surface area (Å²) in [6.45, 7) is 12.5. The fourth-order valence-corrected chi connectivity index (χ4v) is 4.29. The largest absolute Gasteiger partial charge is 0.387 e. The zero-order valence-electron chi connectivity index (χ0n) is 14.9. The average molecular weight is 347 g/mol. The molecule has 0 aliphatic carbocycles. The van der Waals surface area contributed by atoms with Crippen molar-refractivity contribution < 1.29 is 5.11 Å². The van der Waals surface area contributed by atoms with Crippen molar-refractivity contribution in [1.29, 1.82) is 0 Å². The molecule has 1 aliphatic heterocycles. The molecule has 3 rings (SSSR count). The third-order valence-electron chi connectivity index (χ3n) is 4.50. The van der Waals surface area contributed by atoms with Gasteiger partial charge in [-0.2, -0.15) is 0 Å². The molecule has 0 aromatic carbocycles. The van der Waals surface area contributed by atoms with Gasteiger partial charge >= 0.3 is 0 Å². The van der Waals surface area contributed by atoms with E-state index in [1.807, 2.05) is 19.9 Å². The van der Waals surface area contributed by atoms with Crippen LogP contribution in [0.5, 0.6) is 0 Å². The Morgan fingerprint density at radius 2 is 1.67 bits per heavy atom. The first-order valence-corrected chi connectivity index (χ1v) is 9.28. The summed E-state index contributed by atoms with van der Waals surface area (Å²) in [4.78, 5) is 16.2. The number of rotatable bonds is 4. The number of aliphatic hydroxyl groups is 1. The first kappa shape index (κ1) is 17.3. The number of aliphatic hydroxyl groups excluding tert-OH is 1. The Morgan fingerprint density at radius 3 is 2.21 bits per heavy atom. The molecule has 2 aromatic rings. The Balaban J connectivity index is 1.58. The minimum atomic E-state index is -0.404. The summed E-state index contributed by atoms with van der Waals surface area (Å²) >= 11 is 1.76. The normalized spacial score (nSPS) is 17.3. The Bertz CT molecular complexity index is 687. The van der Waals surface area contributed by atoms with E-state index in [0.29, 0.717) is 6.54 Å². The molecule has 3 heterocycles. The summed E-state index contributed by atoms with van der Waals surface area (Å²) in [5.41, 5.74) is 3.11. The third-order valence-corrected chi connectivity index (χ3v) is 5.48. The smallest absolute Gasteiger partial charge is 0.225 e. The number of aromatic nitrogens is 2.